The van der Waals surface area contributed by atoms with Gasteiger partial charge in [0.25, 0.3) is 0 Å². The summed E-state index contributed by atoms with van der Waals surface area (Å²) < 4.78 is 0. The van der Waals surface area contributed by atoms with Crippen molar-refractivity contribution in [1.82, 2.24) is 5.32 Å². The molecule has 18 heavy (non-hydrogen) atoms. The van der Waals surface area contributed by atoms with Crippen LogP contribution in [0.3, 0.4) is 0 Å². The number of nitriles is 1. The fraction of sp³-hybridized carbons (Fsp3) is 0.286. The summed E-state index contributed by atoms with van der Waals surface area (Å²) in [4.78, 5) is 4.32. The summed E-state index contributed by atoms with van der Waals surface area (Å²) in [6.45, 7) is 4.85. The van der Waals surface area contributed by atoms with E-state index in [1.54, 1.807) is 6.08 Å². The van der Waals surface area contributed by atoms with Crippen molar-refractivity contribution in [2.45, 2.75) is 13.8 Å². The molecule has 0 saturated carbocycles. The molecular formula is C14H16ClN3. The van der Waals surface area contributed by atoms with E-state index in [-0.39, 0.29) is 0 Å². The first kappa shape index (κ1) is 14.3. The SMILES string of the molecule is CC(C)CN=C(/C=C/c1ccc(Cl)cc1)NC#N. The van der Waals surface area contributed by atoms with Crippen LogP contribution in [0.1, 0.15) is 19.4 Å². The first-order valence-electron chi connectivity index (χ1n) is 5.75. The zero-order valence-electron chi connectivity index (χ0n) is 10.5. The molecule has 1 N–H and O–H groups in total. The number of hydrogen-bond acceptors (Lipinski definition) is 2. The summed E-state index contributed by atoms with van der Waals surface area (Å²) in [5, 5.41) is 11.9. The zero-order chi connectivity index (χ0) is 13.4. The van der Waals surface area contributed by atoms with Crippen molar-refractivity contribution in [3.05, 3.63) is 40.9 Å². The highest BCUT2D eigenvalue weighted by Crippen LogP contribution is 2.10. The van der Waals surface area contributed by atoms with Crippen LogP contribution >= 0.6 is 11.6 Å². The Morgan fingerprint density at radius 1 is 1.44 bits per heavy atom. The van der Waals surface area contributed by atoms with Gasteiger partial charge in [-0.1, -0.05) is 43.7 Å². The maximum Gasteiger partial charge on any atom is 0.182 e. The molecule has 0 radical (unpaired) electrons. The van der Waals surface area contributed by atoms with E-state index in [1.807, 2.05) is 36.5 Å². The molecule has 0 heterocycles. The van der Waals surface area contributed by atoms with Crippen LogP contribution in [0.2, 0.25) is 5.02 Å². The van der Waals surface area contributed by atoms with E-state index < -0.39 is 0 Å². The average molecular weight is 262 g/mol. The van der Waals surface area contributed by atoms with Crippen molar-refractivity contribution in [1.29, 1.82) is 5.26 Å². The van der Waals surface area contributed by atoms with Crippen molar-refractivity contribution in [2.75, 3.05) is 6.54 Å². The third-order valence-electron chi connectivity index (χ3n) is 2.11. The van der Waals surface area contributed by atoms with Gasteiger partial charge in [0.2, 0.25) is 0 Å². The van der Waals surface area contributed by atoms with E-state index in [4.69, 9.17) is 16.9 Å². The number of nitrogens with zero attached hydrogens (tertiary/aromatic N) is 2. The van der Waals surface area contributed by atoms with E-state index in [2.05, 4.69) is 24.2 Å². The lowest BCUT2D eigenvalue weighted by Gasteiger charge is -2.01. The fourth-order valence-corrected chi connectivity index (χ4v) is 1.35. The highest BCUT2D eigenvalue weighted by Gasteiger charge is 1.95. The van der Waals surface area contributed by atoms with Gasteiger partial charge in [0, 0.05) is 11.6 Å². The molecule has 3 nitrogen and oxygen atoms in total. The lowest BCUT2D eigenvalue weighted by atomic mass is 10.2. The zero-order valence-corrected chi connectivity index (χ0v) is 11.3. The highest BCUT2D eigenvalue weighted by atomic mass is 35.5. The van der Waals surface area contributed by atoms with Gasteiger partial charge in [-0.15, -0.1) is 0 Å². The largest absolute Gasteiger partial charge is 0.277 e. The van der Waals surface area contributed by atoms with Crippen LogP contribution in [0.15, 0.2) is 35.3 Å². The van der Waals surface area contributed by atoms with Crippen molar-refractivity contribution in [3.8, 4) is 6.19 Å². The molecule has 0 amide bonds. The molecule has 0 spiro atoms. The smallest absolute Gasteiger partial charge is 0.182 e. The van der Waals surface area contributed by atoms with Crippen molar-refractivity contribution in [2.24, 2.45) is 10.9 Å². The number of aliphatic imine (C=N–C) groups is 1. The molecule has 0 atom stereocenters. The number of hydrogen-bond donors (Lipinski definition) is 1. The Labute approximate surface area is 113 Å². The van der Waals surface area contributed by atoms with Gasteiger partial charge in [0.15, 0.2) is 6.19 Å². The predicted octanol–water partition coefficient (Wildman–Crippen LogP) is 3.48. The summed E-state index contributed by atoms with van der Waals surface area (Å²) in [6.07, 6.45) is 5.56. The van der Waals surface area contributed by atoms with Gasteiger partial charge in [-0.25, -0.2) is 0 Å². The molecule has 0 aliphatic heterocycles. The quantitative estimate of drug-likeness (QED) is 0.390. The van der Waals surface area contributed by atoms with Crippen LogP contribution in [0.4, 0.5) is 0 Å². The third kappa shape index (κ3) is 5.51. The Balaban J connectivity index is 2.74. The summed E-state index contributed by atoms with van der Waals surface area (Å²) in [5.41, 5.74) is 1.01. The molecule has 1 aromatic rings. The maximum absolute atomic E-state index is 8.64. The van der Waals surface area contributed by atoms with E-state index in [1.165, 1.54) is 0 Å². The summed E-state index contributed by atoms with van der Waals surface area (Å²) in [6, 6.07) is 7.46. The normalized spacial score (nSPS) is 11.8. The first-order valence-corrected chi connectivity index (χ1v) is 6.13. The predicted molar refractivity (Wildman–Crippen MR) is 76.4 cm³/mol. The van der Waals surface area contributed by atoms with Gasteiger partial charge >= 0.3 is 0 Å². The second-order valence-electron chi connectivity index (χ2n) is 4.24. The molecule has 1 rings (SSSR count). The molecule has 0 fully saturated rings. The molecule has 0 aliphatic carbocycles. The van der Waals surface area contributed by atoms with Crippen LogP contribution in [0, 0.1) is 17.4 Å². The topological polar surface area (TPSA) is 48.2 Å². The summed E-state index contributed by atoms with van der Waals surface area (Å²) in [5.74, 6) is 1.03. The molecule has 4 heteroatoms. The lowest BCUT2D eigenvalue weighted by molar-refractivity contribution is 0.664. The molecule has 0 aromatic heterocycles. The van der Waals surface area contributed by atoms with Crippen LogP contribution in [-0.2, 0) is 0 Å². The first-order chi connectivity index (χ1) is 8.61. The maximum atomic E-state index is 8.64. The molecule has 1 aromatic carbocycles. The Hall–Kier alpha value is -1.79. The van der Waals surface area contributed by atoms with Crippen LogP contribution in [0.25, 0.3) is 6.08 Å². The molecule has 0 aliphatic rings. The third-order valence-corrected chi connectivity index (χ3v) is 2.37. The van der Waals surface area contributed by atoms with E-state index in [9.17, 15) is 0 Å². The molecule has 0 bridgehead atoms. The van der Waals surface area contributed by atoms with Crippen molar-refractivity contribution in [3.63, 3.8) is 0 Å². The Morgan fingerprint density at radius 3 is 2.67 bits per heavy atom. The second kappa shape index (κ2) is 7.52. The van der Waals surface area contributed by atoms with Gasteiger partial charge in [0.05, 0.1) is 0 Å². The number of nitrogens with one attached hydrogen (secondary N) is 1. The fourth-order valence-electron chi connectivity index (χ4n) is 1.22. The van der Waals surface area contributed by atoms with Crippen molar-refractivity contribution >= 4 is 23.5 Å². The van der Waals surface area contributed by atoms with Gasteiger partial charge in [0.1, 0.15) is 5.84 Å². The second-order valence-corrected chi connectivity index (χ2v) is 4.68. The van der Waals surface area contributed by atoms with E-state index >= 15 is 0 Å². The molecular weight excluding hydrogens is 246 g/mol. The van der Waals surface area contributed by atoms with Crippen LogP contribution in [0.5, 0.6) is 0 Å². The number of benzene rings is 1. The summed E-state index contributed by atoms with van der Waals surface area (Å²) >= 11 is 5.81. The Morgan fingerprint density at radius 2 is 2.11 bits per heavy atom. The highest BCUT2D eigenvalue weighted by molar-refractivity contribution is 6.30. The standard InChI is InChI=1S/C14H16ClN3/c1-11(2)9-17-14(18-10-16)8-5-12-3-6-13(15)7-4-12/h3-8,11H,9H2,1-2H3,(H,17,18)/b8-5+. The minimum Gasteiger partial charge on any atom is -0.277 e. The molecule has 94 valence electrons. The summed E-state index contributed by atoms with van der Waals surface area (Å²) in [7, 11) is 0. The number of halogens is 1. The minimum atomic E-state index is 0.462. The molecule has 0 unspecified atom stereocenters. The minimum absolute atomic E-state index is 0.462. The van der Waals surface area contributed by atoms with E-state index in [0.29, 0.717) is 23.3 Å². The monoisotopic (exact) mass is 261 g/mol. The average Bonchev–Trinajstić information content (AvgIpc) is 2.34. The Bertz CT molecular complexity index is 467. The number of rotatable bonds is 4. The van der Waals surface area contributed by atoms with Crippen LogP contribution in [-0.4, -0.2) is 12.4 Å². The lowest BCUT2D eigenvalue weighted by Crippen LogP contribution is -2.16. The number of amidine groups is 1. The van der Waals surface area contributed by atoms with Gasteiger partial charge < -0.3 is 0 Å². The van der Waals surface area contributed by atoms with Gasteiger partial charge in [-0.05, 0) is 29.7 Å². The van der Waals surface area contributed by atoms with Gasteiger partial charge in [-0.2, -0.15) is 5.26 Å². The van der Waals surface area contributed by atoms with Crippen molar-refractivity contribution < 1.29 is 0 Å². The van der Waals surface area contributed by atoms with Crippen LogP contribution < -0.4 is 5.32 Å². The Kier molecular flexibility index (Phi) is 5.96. The van der Waals surface area contributed by atoms with E-state index in [0.717, 1.165) is 5.56 Å². The van der Waals surface area contributed by atoms with Gasteiger partial charge in [-0.3, -0.25) is 10.3 Å². The molecule has 0 saturated heterocycles.